The Hall–Kier alpha value is -2.93. The van der Waals surface area contributed by atoms with Gasteiger partial charge in [0.1, 0.15) is 0 Å². The van der Waals surface area contributed by atoms with Crippen molar-refractivity contribution in [1.82, 2.24) is 10.3 Å². The van der Waals surface area contributed by atoms with E-state index in [-0.39, 0.29) is 0 Å². The minimum absolute atomic E-state index is 0.372. The Morgan fingerprint density at radius 1 is 1.10 bits per heavy atom. The molecule has 2 aromatic carbocycles. The molecule has 150 valence electrons. The summed E-state index contributed by atoms with van der Waals surface area (Å²) >= 11 is 1.72. The average Bonchev–Trinajstić information content (AvgIpc) is 3.16. The van der Waals surface area contributed by atoms with Gasteiger partial charge in [-0.15, -0.1) is 0 Å². The first-order chi connectivity index (χ1) is 14.1. The first kappa shape index (κ1) is 19.4. The van der Waals surface area contributed by atoms with Gasteiger partial charge >= 0.3 is 11.8 Å². The molecule has 1 saturated heterocycles. The molecule has 1 aliphatic rings. The summed E-state index contributed by atoms with van der Waals surface area (Å²) in [5.41, 5.74) is 2.71. The molecule has 7 heteroatoms. The van der Waals surface area contributed by atoms with Crippen molar-refractivity contribution in [2.24, 2.45) is 5.92 Å². The topological polar surface area (TPSA) is 74.3 Å². The molecule has 6 nitrogen and oxygen atoms in total. The zero-order valence-corrected chi connectivity index (χ0v) is 17.2. The van der Waals surface area contributed by atoms with Crippen LogP contribution in [0.2, 0.25) is 0 Å². The summed E-state index contributed by atoms with van der Waals surface area (Å²) in [6.07, 6.45) is 1.94. The Labute approximate surface area is 173 Å². The molecule has 0 atom stereocenters. The van der Waals surface area contributed by atoms with Gasteiger partial charge in [-0.3, -0.25) is 9.59 Å². The van der Waals surface area contributed by atoms with E-state index in [1.165, 1.54) is 4.70 Å². The number of nitrogens with one attached hydrogen (secondary N) is 2. The standard InChI is InChI=1S/C22H24N4O2S/c1-15-5-4-6-17(13-15)24-21(28)20(27)23-14-16-9-11-26(12-10-16)22-25-18-7-2-3-8-19(18)29-22/h2-8,13,16H,9-12,14H2,1H3,(H,23,27)(H,24,28). The lowest BCUT2D eigenvalue weighted by Crippen LogP contribution is -2.41. The fourth-order valence-corrected chi connectivity index (χ4v) is 4.57. The second kappa shape index (κ2) is 8.61. The number of piperidine rings is 1. The van der Waals surface area contributed by atoms with Gasteiger partial charge in [0.15, 0.2) is 5.13 Å². The maximum atomic E-state index is 12.1. The summed E-state index contributed by atoms with van der Waals surface area (Å²) in [5.74, 6) is -0.834. The zero-order valence-electron chi connectivity index (χ0n) is 16.4. The van der Waals surface area contributed by atoms with E-state index in [1.54, 1.807) is 17.4 Å². The van der Waals surface area contributed by atoms with Gasteiger partial charge in [-0.2, -0.15) is 0 Å². The Morgan fingerprint density at radius 3 is 2.66 bits per heavy atom. The first-order valence-electron chi connectivity index (χ1n) is 9.85. The van der Waals surface area contributed by atoms with Crippen LogP contribution in [0.4, 0.5) is 10.8 Å². The largest absolute Gasteiger partial charge is 0.348 e. The van der Waals surface area contributed by atoms with Crippen molar-refractivity contribution >= 4 is 44.2 Å². The van der Waals surface area contributed by atoms with E-state index < -0.39 is 11.8 Å². The first-order valence-corrected chi connectivity index (χ1v) is 10.7. The number of carbonyl (C=O) groups excluding carboxylic acids is 2. The predicted molar refractivity (Wildman–Crippen MR) is 117 cm³/mol. The number of hydrogen-bond acceptors (Lipinski definition) is 5. The van der Waals surface area contributed by atoms with Gasteiger partial charge in [0.05, 0.1) is 10.2 Å². The van der Waals surface area contributed by atoms with Crippen LogP contribution in [0, 0.1) is 12.8 Å². The number of thiazole rings is 1. The van der Waals surface area contributed by atoms with E-state index in [1.807, 2.05) is 43.3 Å². The van der Waals surface area contributed by atoms with Crippen LogP contribution in [0.3, 0.4) is 0 Å². The van der Waals surface area contributed by atoms with Crippen LogP contribution in [0.25, 0.3) is 10.2 Å². The molecule has 0 saturated carbocycles. The summed E-state index contributed by atoms with van der Waals surface area (Å²) in [4.78, 5) is 31.2. The highest BCUT2D eigenvalue weighted by atomic mass is 32.1. The Bertz CT molecular complexity index is 991. The number of anilines is 2. The van der Waals surface area contributed by atoms with Gasteiger partial charge in [-0.25, -0.2) is 4.98 Å². The third-order valence-electron chi connectivity index (χ3n) is 5.20. The summed E-state index contributed by atoms with van der Waals surface area (Å²) in [6, 6.07) is 15.6. The third kappa shape index (κ3) is 4.74. The Balaban J connectivity index is 1.24. The molecule has 1 aliphatic heterocycles. The maximum Gasteiger partial charge on any atom is 0.313 e. The number of fused-ring (bicyclic) bond motifs is 1. The quantitative estimate of drug-likeness (QED) is 0.647. The van der Waals surface area contributed by atoms with Crippen molar-refractivity contribution in [3.63, 3.8) is 0 Å². The molecule has 0 spiro atoms. The molecule has 0 radical (unpaired) electrons. The molecule has 3 aromatic rings. The van der Waals surface area contributed by atoms with Gasteiger partial charge in [-0.1, -0.05) is 35.6 Å². The van der Waals surface area contributed by atoms with Crippen LogP contribution < -0.4 is 15.5 Å². The van der Waals surface area contributed by atoms with Crippen LogP contribution >= 0.6 is 11.3 Å². The number of hydrogen-bond donors (Lipinski definition) is 2. The highest BCUT2D eigenvalue weighted by Crippen LogP contribution is 2.31. The van der Waals surface area contributed by atoms with Crippen molar-refractivity contribution in [1.29, 1.82) is 0 Å². The van der Waals surface area contributed by atoms with E-state index in [2.05, 4.69) is 21.6 Å². The number of nitrogens with zero attached hydrogens (tertiary/aromatic N) is 2. The fraction of sp³-hybridized carbons (Fsp3) is 0.318. The summed E-state index contributed by atoms with van der Waals surface area (Å²) < 4.78 is 1.21. The average molecular weight is 409 g/mol. The van der Waals surface area contributed by atoms with Crippen molar-refractivity contribution in [3.8, 4) is 0 Å². The fourth-order valence-electron chi connectivity index (χ4n) is 3.55. The lowest BCUT2D eigenvalue weighted by molar-refractivity contribution is -0.136. The molecule has 1 aromatic heterocycles. The van der Waals surface area contributed by atoms with E-state index in [9.17, 15) is 9.59 Å². The number of amides is 2. The smallest absolute Gasteiger partial charge is 0.313 e. The molecule has 0 bridgehead atoms. The van der Waals surface area contributed by atoms with E-state index in [0.29, 0.717) is 18.2 Å². The number of carbonyl (C=O) groups is 2. The number of benzene rings is 2. The van der Waals surface area contributed by atoms with Crippen molar-refractivity contribution < 1.29 is 9.59 Å². The highest BCUT2D eigenvalue weighted by molar-refractivity contribution is 7.22. The van der Waals surface area contributed by atoms with Gasteiger partial charge < -0.3 is 15.5 Å². The minimum Gasteiger partial charge on any atom is -0.348 e. The highest BCUT2D eigenvalue weighted by Gasteiger charge is 2.23. The van der Waals surface area contributed by atoms with Crippen LogP contribution in [-0.2, 0) is 9.59 Å². The summed E-state index contributed by atoms with van der Waals surface area (Å²) in [5, 5.41) is 6.49. The third-order valence-corrected chi connectivity index (χ3v) is 6.30. The van der Waals surface area contributed by atoms with Crippen LogP contribution in [-0.4, -0.2) is 36.4 Å². The van der Waals surface area contributed by atoms with E-state index >= 15 is 0 Å². The number of rotatable bonds is 4. The van der Waals surface area contributed by atoms with Crippen molar-refractivity contribution in [2.45, 2.75) is 19.8 Å². The minimum atomic E-state index is -0.623. The van der Waals surface area contributed by atoms with Gasteiger partial charge in [0, 0.05) is 25.3 Å². The molecule has 4 rings (SSSR count). The molecule has 2 heterocycles. The molecule has 1 fully saturated rings. The van der Waals surface area contributed by atoms with Gasteiger partial charge in [-0.05, 0) is 55.5 Å². The van der Waals surface area contributed by atoms with Crippen LogP contribution in [0.15, 0.2) is 48.5 Å². The maximum absolute atomic E-state index is 12.1. The second-order valence-corrected chi connectivity index (χ2v) is 8.44. The molecule has 2 amide bonds. The lowest BCUT2D eigenvalue weighted by Gasteiger charge is -2.31. The van der Waals surface area contributed by atoms with Gasteiger partial charge in [0.25, 0.3) is 0 Å². The summed E-state index contributed by atoms with van der Waals surface area (Å²) in [6.45, 7) is 4.29. The van der Waals surface area contributed by atoms with E-state index in [0.717, 1.165) is 42.1 Å². The molecule has 29 heavy (non-hydrogen) atoms. The van der Waals surface area contributed by atoms with Crippen molar-refractivity contribution in [3.05, 3.63) is 54.1 Å². The zero-order chi connectivity index (χ0) is 20.2. The molecular formula is C22H24N4O2S. The molecule has 0 unspecified atom stereocenters. The normalized spacial score (nSPS) is 14.7. The second-order valence-electron chi connectivity index (χ2n) is 7.43. The van der Waals surface area contributed by atoms with E-state index in [4.69, 9.17) is 4.98 Å². The Kier molecular flexibility index (Phi) is 5.76. The monoisotopic (exact) mass is 408 g/mol. The predicted octanol–water partition coefficient (Wildman–Crippen LogP) is 3.58. The van der Waals surface area contributed by atoms with Crippen molar-refractivity contribution in [2.75, 3.05) is 29.9 Å². The van der Waals surface area contributed by atoms with Gasteiger partial charge in [0.2, 0.25) is 0 Å². The SMILES string of the molecule is Cc1cccc(NC(=O)C(=O)NCC2CCN(c3nc4ccccc4s3)CC2)c1. The summed E-state index contributed by atoms with van der Waals surface area (Å²) in [7, 11) is 0. The lowest BCUT2D eigenvalue weighted by atomic mass is 9.97. The number of aromatic nitrogens is 1. The number of para-hydroxylation sites is 1. The molecular weight excluding hydrogens is 384 g/mol. The Morgan fingerprint density at radius 2 is 1.90 bits per heavy atom. The molecule has 2 N–H and O–H groups in total. The molecule has 0 aliphatic carbocycles. The van der Waals surface area contributed by atoms with Crippen LogP contribution in [0.1, 0.15) is 18.4 Å². The van der Waals surface area contributed by atoms with Crippen LogP contribution in [0.5, 0.6) is 0 Å². The number of aryl methyl sites for hydroxylation is 1.